The zero-order chi connectivity index (χ0) is 14.0. The van der Waals surface area contributed by atoms with Crippen LogP contribution in [-0.2, 0) is 14.4 Å². The molecule has 1 aromatic carbocycles. The molecule has 0 aromatic heterocycles. The Morgan fingerprint density at radius 3 is 2.53 bits per heavy atom. The molecule has 1 atom stereocenters. The van der Waals surface area contributed by atoms with Crippen LogP contribution in [-0.4, -0.2) is 34.3 Å². The predicted octanol–water partition coefficient (Wildman–Crippen LogP) is 1.14. The summed E-state index contributed by atoms with van der Waals surface area (Å²) < 4.78 is 12.8. The van der Waals surface area contributed by atoms with E-state index in [4.69, 9.17) is 5.11 Å². The van der Waals surface area contributed by atoms with Gasteiger partial charge in [0.1, 0.15) is 5.82 Å². The van der Waals surface area contributed by atoms with Crippen LogP contribution in [0.15, 0.2) is 24.3 Å². The van der Waals surface area contributed by atoms with Crippen LogP contribution in [0.5, 0.6) is 0 Å². The first kappa shape index (κ1) is 13.2. The van der Waals surface area contributed by atoms with E-state index in [0.29, 0.717) is 5.56 Å². The van der Waals surface area contributed by atoms with Crippen LogP contribution >= 0.6 is 0 Å². The van der Waals surface area contributed by atoms with Crippen LogP contribution in [0.25, 0.3) is 0 Å². The van der Waals surface area contributed by atoms with Crippen molar-refractivity contribution in [1.29, 1.82) is 0 Å². The van der Waals surface area contributed by atoms with Crippen molar-refractivity contribution in [3.05, 3.63) is 35.6 Å². The summed E-state index contributed by atoms with van der Waals surface area (Å²) in [5.41, 5.74) is 0.567. The number of hydrogen-bond acceptors (Lipinski definition) is 3. The van der Waals surface area contributed by atoms with Crippen molar-refractivity contribution in [1.82, 2.24) is 4.90 Å². The van der Waals surface area contributed by atoms with Gasteiger partial charge in [-0.05, 0) is 17.7 Å². The molecule has 1 aromatic rings. The minimum absolute atomic E-state index is 0.00405. The summed E-state index contributed by atoms with van der Waals surface area (Å²) in [6.07, 6.45) is -0.266. The van der Waals surface area contributed by atoms with Crippen molar-refractivity contribution in [2.24, 2.45) is 0 Å². The van der Waals surface area contributed by atoms with Crippen molar-refractivity contribution < 1.29 is 23.9 Å². The highest BCUT2D eigenvalue weighted by atomic mass is 19.1. The van der Waals surface area contributed by atoms with Gasteiger partial charge in [0.05, 0.1) is 12.3 Å². The van der Waals surface area contributed by atoms with E-state index in [9.17, 15) is 18.8 Å². The lowest BCUT2D eigenvalue weighted by molar-refractivity contribution is -0.141. The molecule has 1 aliphatic rings. The van der Waals surface area contributed by atoms with Gasteiger partial charge in [-0.1, -0.05) is 12.1 Å². The molecule has 0 bridgehead atoms. The Morgan fingerprint density at radius 1 is 1.32 bits per heavy atom. The third kappa shape index (κ3) is 2.78. The van der Waals surface area contributed by atoms with E-state index in [1.54, 1.807) is 0 Å². The number of benzene rings is 1. The highest BCUT2D eigenvalue weighted by molar-refractivity contribution is 6.06. The van der Waals surface area contributed by atoms with E-state index in [-0.39, 0.29) is 25.3 Å². The minimum atomic E-state index is -1.06. The van der Waals surface area contributed by atoms with Crippen molar-refractivity contribution in [3.63, 3.8) is 0 Å². The van der Waals surface area contributed by atoms with E-state index < -0.39 is 23.6 Å². The first-order valence-electron chi connectivity index (χ1n) is 5.80. The molecule has 5 nitrogen and oxygen atoms in total. The second-order valence-electron chi connectivity index (χ2n) is 4.34. The van der Waals surface area contributed by atoms with Crippen LogP contribution in [0.3, 0.4) is 0 Å². The van der Waals surface area contributed by atoms with Gasteiger partial charge >= 0.3 is 5.97 Å². The topological polar surface area (TPSA) is 74.7 Å². The monoisotopic (exact) mass is 265 g/mol. The third-order valence-corrected chi connectivity index (χ3v) is 3.07. The molecule has 1 fully saturated rings. The van der Waals surface area contributed by atoms with Crippen molar-refractivity contribution in [3.8, 4) is 0 Å². The second-order valence-corrected chi connectivity index (χ2v) is 4.34. The van der Waals surface area contributed by atoms with E-state index in [2.05, 4.69) is 0 Å². The number of halogens is 1. The maximum Gasteiger partial charge on any atom is 0.305 e. The van der Waals surface area contributed by atoms with E-state index in [0.717, 1.165) is 4.90 Å². The van der Waals surface area contributed by atoms with Crippen LogP contribution in [0.4, 0.5) is 4.39 Å². The largest absolute Gasteiger partial charge is 0.481 e. The molecule has 6 heteroatoms. The predicted molar refractivity (Wildman–Crippen MR) is 62.7 cm³/mol. The van der Waals surface area contributed by atoms with Crippen molar-refractivity contribution in [2.45, 2.75) is 18.8 Å². The molecule has 100 valence electrons. The number of amides is 2. The van der Waals surface area contributed by atoms with Gasteiger partial charge in [-0.3, -0.25) is 19.3 Å². The summed E-state index contributed by atoms with van der Waals surface area (Å²) in [7, 11) is 0. The number of carboxylic acid groups (broad SMARTS) is 1. The molecule has 1 heterocycles. The summed E-state index contributed by atoms with van der Waals surface area (Å²) >= 11 is 0. The molecule has 1 aliphatic heterocycles. The number of rotatable bonds is 4. The summed E-state index contributed by atoms with van der Waals surface area (Å²) in [6, 6.07) is 5.39. The Labute approximate surface area is 108 Å². The van der Waals surface area contributed by atoms with Crippen LogP contribution in [0.2, 0.25) is 0 Å². The fourth-order valence-corrected chi connectivity index (χ4v) is 2.08. The molecule has 1 N–H and O–H groups in total. The molecule has 1 saturated heterocycles. The van der Waals surface area contributed by atoms with E-state index in [1.807, 2.05) is 0 Å². The number of imide groups is 1. The number of carbonyl (C=O) groups is 3. The number of likely N-dealkylation sites (tertiary alicyclic amines) is 1. The Morgan fingerprint density at radius 2 is 1.95 bits per heavy atom. The molecule has 0 radical (unpaired) electrons. The number of hydrogen-bond donors (Lipinski definition) is 1. The maximum atomic E-state index is 12.8. The lowest BCUT2D eigenvalue weighted by Crippen LogP contribution is -2.32. The number of nitrogens with zero attached hydrogens (tertiary/aromatic N) is 1. The second kappa shape index (κ2) is 5.17. The highest BCUT2D eigenvalue weighted by Gasteiger charge is 2.39. The fraction of sp³-hybridized carbons (Fsp3) is 0.308. The normalized spacial score (nSPS) is 19.0. The van der Waals surface area contributed by atoms with Gasteiger partial charge in [-0.15, -0.1) is 0 Å². The quantitative estimate of drug-likeness (QED) is 0.828. The average molecular weight is 265 g/mol. The van der Waals surface area contributed by atoms with E-state index in [1.165, 1.54) is 24.3 Å². The number of carboxylic acids is 1. The van der Waals surface area contributed by atoms with Crippen LogP contribution in [0.1, 0.15) is 24.3 Å². The Balaban J connectivity index is 2.13. The minimum Gasteiger partial charge on any atom is -0.481 e. The molecular formula is C13H12FNO4. The molecule has 19 heavy (non-hydrogen) atoms. The van der Waals surface area contributed by atoms with Crippen LogP contribution in [0, 0.1) is 5.82 Å². The Kier molecular flexibility index (Phi) is 3.59. The van der Waals surface area contributed by atoms with E-state index >= 15 is 0 Å². The molecule has 2 rings (SSSR count). The molecule has 0 aliphatic carbocycles. The summed E-state index contributed by atoms with van der Waals surface area (Å²) in [5, 5.41) is 8.57. The van der Waals surface area contributed by atoms with Gasteiger partial charge in [0, 0.05) is 13.0 Å². The zero-order valence-electron chi connectivity index (χ0n) is 10.0. The summed E-state index contributed by atoms with van der Waals surface area (Å²) in [4.78, 5) is 35.1. The molecular weight excluding hydrogens is 253 g/mol. The summed E-state index contributed by atoms with van der Waals surface area (Å²) in [5.74, 6) is -2.92. The molecule has 0 saturated carbocycles. The van der Waals surface area contributed by atoms with Gasteiger partial charge < -0.3 is 5.11 Å². The van der Waals surface area contributed by atoms with Crippen molar-refractivity contribution >= 4 is 17.8 Å². The van der Waals surface area contributed by atoms with Gasteiger partial charge in [0.2, 0.25) is 11.8 Å². The number of aliphatic carboxylic acids is 1. The SMILES string of the molecule is O=C(O)CCN1C(=O)CC(c2ccc(F)cc2)C1=O. The molecule has 1 unspecified atom stereocenters. The maximum absolute atomic E-state index is 12.8. The average Bonchev–Trinajstić information content (AvgIpc) is 2.63. The standard InChI is InChI=1S/C13H12FNO4/c14-9-3-1-8(2-4-9)10-7-11(16)15(13(10)19)6-5-12(17)18/h1-4,10H,5-7H2,(H,17,18). The Hall–Kier alpha value is -2.24. The fourth-order valence-electron chi connectivity index (χ4n) is 2.08. The van der Waals surface area contributed by atoms with Crippen molar-refractivity contribution in [2.75, 3.05) is 6.54 Å². The third-order valence-electron chi connectivity index (χ3n) is 3.07. The van der Waals surface area contributed by atoms with Gasteiger partial charge in [0.15, 0.2) is 0 Å². The lowest BCUT2D eigenvalue weighted by atomic mass is 9.98. The van der Waals surface area contributed by atoms with Gasteiger partial charge in [0.25, 0.3) is 0 Å². The zero-order valence-corrected chi connectivity index (χ0v) is 10.0. The van der Waals surface area contributed by atoms with Crippen LogP contribution < -0.4 is 0 Å². The highest BCUT2D eigenvalue weighted by Crippen LogP contribution is 2.29. The first-order valence-corrected chi connectivity index (χ1v) is 5.80. The molecule has 0 spiro atoms. The Bertz CT molecular complexity index is 526. The van der Waals surface area contributed by atoms with Gasteiger partial charge in [-0.2, -0.15) is 0 Å². The molecule has 2 amide bonds. The number of carbonyl (C=O) groups excluding carboxylic acids is 2. The first-order chi connectivity index (χ1) is 8.99. The van der Waals surface area contributed by atoms with Gasteiger partial charge in [-0.25, -0.2) is 4.39 Å². The smallest absolute Gasteiger partial charge is 0.305 e. The summed E-state index contributed by atoms with van der Waals surface area (Å²) in [6.45, 7) is -0.120. The lowest BCUT2D eigenvalue weighted by Gasteiger charge is -2.13.